The Morgan fingerprint density at radius 3 is 1.91 bits per heavy atom. The van der Waals surface area contributed by atoms with Gasteiger partial charge in [0.05, 0.1) is 11.8 Å². The third-order valence-electron chi connectivity index (χ3n) is 8.17. The van der Waals surface area contributed by atoms with E-state index in [1.54, 1.807) is 11.6 Å². The Bertz CT molecular complexity index is 1760. The van der Waals surface area contributed by atoms with E-state index in [0.717, 1.165) is 47.2 Å². The summed E-state index contributed by atoms with van der Waals surface area (Å²) in [6.07, 6.45) is 5.06. The minimum atomic E-state index is -3.41. The van der Waals surface area contributed by atoms with E-state index in [1.807, 2.05) is 114 Å². The van der Waals surface area contributed by atoms with Crippen LogP contribution in [0.2, 0.25) is 10.0 Å². The second-order valence-corrected chi connectivity index (χ2v) is 14.2. The van der Waals surface area contributed by atoms with Crippen LogP contribution in [0.3, 0.4) is 0 Å². The molecule has 3 aliphatic rings. The Morgan fingerprint density at radius 1 is 0.767 bits per heavy atom. The molecule has 2 atom stereocenters. The van der Waals surface area contributed by atoms with Gasteiger partial charge in [-0.1, -0.05) is 108 Å². The van der Waals surface area contributed by atoms with Gasteiger partial charge in [-0.2, -0.15) is 5.10 Å². The Labute approximate surface area is 262 Å². The maximum atomic E-state index is 15.4. The summed E-state index contributed by atoms with van der Waals surface area (Å²) in [4.78, 5) is 0. The lowest BCUT2D eigenvalue weighted by molar-refractivity contribution is 0.313. The molecule has 43 heavy (non-hydrogen) atoms. The average Bonchev–Trinajstić information content (AvgIpc) is 3.45. The minimum absolute atomic E-state index is 0.0734. The molecule has 2 aliphatic heterocycles. The monoisotopic (exact) mass is 622 g/mol. The van der Waals surface area contributed by atoms with Gasteiger partial charge in [-0.3, -0.25) is 4.57 Å². The van der Waals surface area contributed by atoms with Crippen molar-refractivity contribution in [1.29, 1.82) is 0 Å². The Morgan fingerprint density at radius 2 is 1.33 bits per heavy atom. The van der Waals surface area contributed by atoms with Crippen molar-refractivity contribution in [2.75, 3.05) is 0 Å². The molecule has 4 aromatic rings. The summed E-state index contributed by atoms with van der Waals surface area (Å²) in [5.41, 5.74) is 5.98. The van der Waals surface area contributed by atoms with E-state index < -0.39 is 7.29 Å². The van der Waals surface area contributed by atoms with Crippen LogP contribution in [0.25, 0.3) is 17.6 Å². The third kappa shape index (κ3) is 5.63. The van der Waals surface area contributed by atoms with Crippen LogP contribution in [0, 0.1) is 5.92 Å². The van der Waals surface area contributed by atoms with Crippen molar-refractivity contribution in [2.45, 2.75) is 25.3 Å². The summed E-state index contributed by atoms with van der Waals surface area (Å²) in [6, 6.07) is 35.1. The van der Waals surface area contributed by atoms with Gasteiger partial charge in [-0.25, -0.2) is 4.78 Å². The van der Waals surface area contributed by atoms with E-state index in [0.29, 0.717) is 21.6 Å². The molecular weight excluding hydrogens is 594 g/mol. The fraction of sp³-hybridized carbons (Fsp3) is 0.139. The predicted octanol–water partition coefficient (Wildman–Crippen LogP) is 10.9. The van der Waals surface area contributed by atoms with E-state index in [4.69, 9.17) is 33.0 Å². The van der Waals surface area contributed by atoms with E-state index >= 15 is 4.57 Å². The van der Waals surface area contributed by atoms with Crippen LogP contribution in [-0.4, -0.2) is 10.5 Å². The number of nitrogens with zero attached hydrogens (tertiary/aromatic N) is 2. The predicted molar refractivity (Wildman–Crippen MR) is 178 cm³/mol. The zero-order valence-corrected chi connectivity index (χ0v) is 25.7. The Kier molecular flexibility index (Phi) is 7.61. The molecule has 2 heterocycles. The second kappa shape index (κ2) is 11.7. The number of fused-ring (bicyclic) bond motifs is 1. The molecule has 7 heteroatoms. The van der Waals surface area contributed by atoms with Gasteiger partial charge in [0.2, 0.25) is 7.29 Å². The van der Waals surface area contributed by atoms with Crippen LogP contribution in [0.5, 0.6) is 0 Å². The van der Waals surface area contributed by atoms with E-state index in [-0.39, 0.29) is 12.0 Å². The Hall–Kier alpha value is -3.82. The molecule has 0 unspecified atom stereocenters. The molecule has 0 aromatic heterocycles. The highest BCUT2D eigenvalue weighted by molar-refractivity contribution is 7.68. The van der Waals surface area contributed by atoms with Crippen LogP contribution in [0.4, 0.5) is 0 Å². The molecule has 0 radical (unpaired) electrons. The van der Waals surface area contributed by atoms with Crippen LogP contribution < -0.4 is 0 Å². The first-order chi connectivity index (χ1) is 21.0. The van der Waals surface area contributed by atoms with Gasteiger partial charge >= 0.3 is 0 Å². The SMILES string of the molecule is O=P1(N2N=C3/C(=C/c4ccc(Cl)cc4)CCC[C@H]3[C@H]2c2ccc(Cl)cc2)C=C(c2ccccc2)OC(c2ccccc2)=C1. The van der Waals surface area contributed by atoms with Gasteiger partial charge in [0, 0.05) is 38.7 Å². The highest BCUT2D eigenvalue weighted by Crippen LogP contribution is 2.65. The van der Waals surface area contributed by atoms with Crippen LogP contribution >= 0.6 is 30.5 Å². The molecule has 214 valence electrons. The van der Waals surface area contributed by atoms with Crippen molar-refractivity contribution in [1.82, 2.24) is 4.78 Å². The number of allylic oxidation sites excluding steroid dienone is 1. The van der Waals surface area contributed by atoms with Gasteiger partial charge in [0.1, 0.15) is 11.5 Å². The Balaban J connectivity index is 1.40. The van der Waals surface area contributed by atoms with E-state index in [2.05, 4.69) is 6.08 Å². The maximum absolute atomic E-state index is 15.4. The average molecular weight is 624 g/mol. The van der Waals surface area contributed by atoms with Crippen molar-refractivity contribution in [3.63, 3.8) is 0 Å². The fourth-order valence-electron chi connectivity index (χ4n) is 6.13. The van der Waals surface area contributed by atoms with Gasteiger partial charge in [-0.15, -0.1) is 0 Å². The summed E-state index contributed by atoms with van der Waals surface area (Å²) in [7, 11) is -3.41. The number of benzene rings is 4. The number of rotatable bonds is 5. The summed E-state index contributed by atoms with van der Waals surface area (Å²) in [5.74, 6) is 4.76. The van der Waals surface area contributed by atoms with E-state index in [1.165, 1.54) is 5.57 Å². The first-order valence-electron chi connectivity index (χ1n) is 14.4. The lowest BCUT2D eigenvalue weighted by Crippen LogP contribution is -2.27. The summed E-state index contributed by atoms with van der Waals surface area (Å²) in [5, 5.41) is 6.62. The number of hydrogen-bond acceptors (Lipinski definition) is 3. The van der Waals surface area contributed by atoms with Gasteiger partial charge in [0.15, 0.2) is 0 Å². The zero-order valence-electron chi connectivity index (χ0n) is 23.3. The minimum Gasteiger partial charge on any atom is -0.456 e. The smallest absolute Gasteiger partial charge is 0.238 e. The number of hydrazone groups is 1. The normalized spacial score (nSPS) is 21.9. The van der Waals surface area contributed by atoms with Crippen molar-refractivity contribution < 1.29 is 9.30 Å². The molecule has 7 rings (SSSR count). The highest BCUT2D eigenvalue weighted by Gasteiger charge is 2.48. The molecule has 4 nitrogen and oxygen atoms in total. The van der Waals surface area contributed by atoms with Crippen molar-refractivity contribution >= 4 is 53.8 Å². The molecule has 0 saturated heterocycles. The molecule has 4 aromatic carbocycles. The second-order valence-electron chi connectivity index (χ2n) is 11.0. The van der Waals surface area contributed by atoms with Crippen LogP contribution in [-0.2, 0) is 9.30 Å². The van der Waals surface area contributed by atoms with Gasteiger partial charge in [0.25, 0.3) is 0 Å². The number of ether oxygens (including phenoxy) is 1. The van der Waals surface area contributed by atoms with Crippen molar-refractivity contribution in [3.8, 4) is 0 Å². The molecule has 0 bridgehead atoms. The van der Waals surface area contributed by atoms with Gasteiger partial charge < -0.3 is 4.74 Å². The molecule has 1 saturated carbocycles. The van der Waals surface area contributed by atoms with Crippen molar-refractivity contribution in [2.24, 2.45) is 11.0 Å². The molecular formula is C36H29Cl2N2O2P. The van der Waals surface area contributed by atoms with Crippen LogP contribution in [0.15, 0.2) is 132 Å². The molecule has 1 fully saturated rings. The maximum Gasteiger partial charge on any atom is 0.238 e. The van der Waals surface area contributed by atoms with Crippen molar-refractivity contribution in [3.05, 3.63) is 159 Å². The molecule has 0 N–H and O–H groups in total. The summed E-state index contributed by atoms with van der Waals surface area (Å²) < 4.78 is 23.7. The quantitative estimate of drug-likeness (QED) is 0.208. The fourth-order valence-corrected chi connectivity index (χ4v) is 8.68. The topological polar surface area (TPSA) is 41.9 Å². The molecule has 1 aliphatic carbocycles. The number of halogens is 2. The molecule has 0 amide bonds. The summed E-state index contributed by atoms with van der Waals surface area (Å²) in [6.45, 7) is 0. The third-order valence-corrected chi connectivity index (χ3v) is 10.9. The largest absolute Gasteiger partial charge is 0.456 e. The summed E-state index contributed by atoms with van der Waals surface area (Å²) >= 11 is 12.5. The van der Waals surface area contributed by atoms with Crippen LogP contribution in [0.1, 0.15) is 47.6 Å². The molecule has 0 spiro atoms. The first kappa shape index (κ1) is 28.0. The lowest BCUT2D eigenvalue weighted by Gasteiger charge is -2.34. The number of hydrogen-bond donors (Lipinski definition) is 0. The standard InChI is InChI=1S/C36H29Cl2N2O2P/c37-30-18-14-25(15-19-30)22-29-12-7-13-32-35(29)39-40(36(32)28-16-20-31(38)21-17-28)43(41)23-33(26-8-3-1-4-9-26)42-34(24-43)27-10-5-2-6-11-27/h1-6,8-11,14-24,32,36H,7,12-13H2/b29-22+/t32-,36-/m1/s1. The van der Waals surface area contributed by atoms with Gasteiger partial charge in [-0.05, 0) is 66.3 Å². The highest BCUT2D eigenvalue weighted by atomic mass is 35.5. The first-order valence-corrected chi connectivity index (χ1v) is 17.0. The lowest BCUT2D eigenvalue weighted by atomic mass is 9.78. The zero-order chi connectivity index (χ0) is 29.4. The van der Waals surface area contributed by atoms with E-state index in [9.17, 15) is 0 Å².